The molecule has 7 nitrogen and oxygen atoms in total. The minimum Gasteiger partial charge on any atom is -0.488 e. The van der Waals surface area contributed by atoms with E-state index in [1.807, 2.05) is 25.1 Å². The first-order valence-corrected chi connectivity index (χ1v) is 9.16. The Kier molecular flexibility index (Phi) is 10.9. The molecular formula is C20H31IN4O3. The number of amides is 1. The molecule has 2 N–H and O–H groups in total. The Balaban J connectivity index is 0.00000392. The fraction of sp³-hybridized carbons (Fsp3) is 0.500. The number of aryl methyl sites for hydroxylation is 1. The van der Waals surface area contributed by atoms with E-state index < -0.39 is 0 Å². The summed E-state index contributed by atoms with van der Waals surface area (Å²) < 4.78 is 11.5. The largest absolute Gasteiger partial charge is 0.488 e. The Labute approximate surface area is 184 Å². The van der Waals surface area contributed by atoms with Gasteiger partial charge in [-0.15, -0.1) is 30.6 Å². The van der Waals surface area contributed by atoms with Crippen LogP contribution in [0.1, 0.15) is 17.5 Å². The summed E-state index contributed by atoms with van der Waals surface area (Å²) in [4.78, 5) is 17.9. The molecular weight excluding hydrogens is 471 g/mol. The summed E-state index contributed by atoms with van der Waals surface area (Å²) in [6.45, 7) is 8.27. The lowest BCUT2D eigenvalue weighted by molar-refractivity contribution is -0.127. The fourth-order valence-corrected chi connectivity index (χ4v) is 2.51. The highest BCUT2D eigenvalue weighted by atomic mass is 127. The first-order valence-electron chi connectivity index (χ1n) is 9.16. The van der Waals surface area contributed by atoms with Gasteiger partial charge in [0.15, 0.2) is 5.96 Å². The number of carbonyl (C=O) groups is 1. The number of likely N-dealkylation sites (N-methyl/N-ethyl adjacent to an activating group) is 1. The standard InChI is InChI=1S/C20H30N4O3.HI/c1-5-9-21-20(23-13-19(25)24(3)4)22-12-16-7-6-15(2)11-18(16)27-17-8-10-26-14-17;/h5-7,11,17H,1,8-10,12-14H2,2-4H3,(H2,21,22,23);1H. The van der Waals surface area contributed by atoms with E-state index >= 15 is 0 Å². The number of ether oxygens (including phenoxy) is 2. The van der Waals surface area contributed by atoms with Crippen LogP contribution in [-0.4, -0.2) is 63.3 Å². The molecule has 0 spiro atoms. The van der Waals surface area contributed by atoms with Gasteiger partial charge in [0.1, 0.15) is 11.9 Å². The first kappa shape index (κ1) is 24.2. The van der Waals surface area contributed by atoms with Crippen molar-refractivity contribution in [2.75, 3.05) is 40.4 Å². The maximum absolute atomic E-state index is 11.8. The molecule has 1 aromatic rings. The average molecular weight is 502 g/mol. The van der Waals surface area contributed by atoms with Crippen LogP contribution in [0.4, 0.5) is 0 Å². The van der Waals surface area contributed by atoms with Crippen molar-refractivity contribution < 1.29 is 14.3 Å². The van der Waals surface area contributed by atoms with E-state index in [9.17, 15) is 4.79 Å². The predicted octanol–water partition coefficient (Wildman–Crippen LogP) is 2.09. The maximum atomic E-state index is 11.8. The van der Waals surface area contributed by atoms with Crippen molar-refractivity contribution in [3.8, 4) is 5.75 Å². The van der Waals surface area contributed by atoms with Gasteiger partial charge in [-0.3, -0.25) is 4.79 Å². The van der Waals surface area contributed by atoms with E-state index in [1.165, 1.54) is 4.90 Å². The summed E-state index contributed by atoms with van der Waals surface area (Å²) in [6, 6.07) is 6.10. The average Bonchev–Trinajstić information content (AvgIpc) is 3.15. The van der Waals surface area contributed by atoms with E-state index in [0.29, 0.717) is 25.7 Å². The zero-order valence-electron chi connectivity index (χ0n) is 16.9. The van der Waals surface area contributed by atoms with Crippen molar-refractivity contribution in [3.63, 3.8) is 0 Å². The zero-order chi connectivity index (χ0) is 19.6. The third-order valence-electron chi connectivity index (χ3n) is 4.13. The Morgan fingerprint density at radius 1 is 1.43 bits per heavy atom. The van der Waals surface area contributed by atoms with Gasteiger partial charge in [-0.05, 0) is 18.6 Å². The van der Waals surface area contributed by atoms with Gasteiger partial charge in [-0.1, -0.05) is 18.2 Å². The van der Waals surface area contributed by atoms with E-state index in [4.69, 9.17) is 9.47 Å². The summed E-state index contributed by atoms with van der Waals surface area (Å²) in [5.74, 6) is 1.37. The van der Waals surface area contributed by atoms with Crippen molar-refractivity contribution in [1.82, 2.24) is 15.5 Å². The molecule has 156 valence electrons. The highest BCUT2D eigenvalue weighted by molar-refractivity contribution is 14.0. The second-order valence-electron chi connectivity index (χ2n) is 6.69. The molecule has 0 saturated carbocycles. The van der Waals surface area contributed by atoms with Crippen LogP contribution in [0.3, 0.4) is 0 Å². The number of halogens is 1. The van der Waals surface area contributed by atoms with Gasteiger partial charge in [0.25, 0.3) is 0 Å². The number of nitrogens with zero attached hydrogens (tertiary/aromatic N) is 2. The molecule has 1 amide bonds. The zero-order valence-corrected chi connectivity index (χ0v) is 19.2. The molecule has 1 aliphatic rings. The second-order valence-corrected chi connectivity index (χ2v) is 6.69. The van der Waals surface area contributed by atoms with Crippen molar-refractivity contribution >= 4 is 35.8 Å². The van der Waals surface area contributed by atoms with Gasteiger partial charge < -0.3 is 25.0 Å². The van der Waals surface area contributed by atoms with E-state index in [0.717, 1.165) is 29.9 Å². The number of guanidine groups is 1. The molecule has 1 atom stereocenters. The minimum absolute atomic E-state index is 0. The molecule has 0 radical (unpaired) electrons. The summed E-state index contributed by atoms with van der Waals surface area (Å²) in [7, 11) is 3.45. The Morgan fingerprint density at radius 2 is 2.21 bits per heavy atom. The molecule has 0 aromatic heterocycles. The SMILES string of the molecule is C=CCNC(=NCc1ccc(C)cc1OC1CCOC1)NCC(=O)N(C)C.I. The predicted molar refractivity (Wildman–Crippen MR) is 122 cm³/mol. The van der Waals surface area contributed by atoms with Crippen molar-refractivity contribution in [3.05, 3.63) is 42.0 Å². The Hall–Kier alpha value is -1.81. The number of hydrogen-bond donors (Lipinski definition) is 2. The molecule has 8 heteroatoms. The molecule has 1 saturated heterocycles. The Bertz CT molecular complexity index is 673. The van der Waals surface area contributed by atoms with Crippen LogP contribution < -0.4 is 15.4 Å². The van der Waals surface area contributed by atoms with Crippen LogP contribution in [0, 0.1) is 6.92 Å². The number of carbonyl (C=O) groups excluding carboxylic acids is 1. The number of rotatable bonds is 8. The van der Waals surface area contributed by atoms with Crippen molar-refractivity contribution in [2.45, 2.75) is 26.0 Å². The molecule has 1 heterocycles. The van der Waals surface area contributed by atoms with Crippen LogP contribution in [0.25, 0.3) is 0 Å². The van der Waals surface area contributed by atoms with Gasteiger partial charge in [-0.25, -0.2) is 4.99 Å². The quantitative estimate of drug-likeness (QED) is 0.247. The van der Waals surface area contributed by atoms with E-state index in [-0.39, 0.29) is 42.5 Å². The number of nitrogens with one attached hydrogen (secondary N) is 2. The minimum atomic E-state index is -0.0244. The van der Waals surface area contributed by atoms with Crippen LogP contribution in [0.2, 0.25) is 0 Å². The van der Waals surface area contributed by atoms with Crippen LogP contribution in [0.15, 0.2) is 35.8 Å². The van der Waals surface area contributed by atoms with Gasteiger partial charge in [-0.2, -0.15) is 0 Å². The lowest BCUT2D eigenvalue weighted by Crippen LogP contribution is -2.43. The van der Waals surface area contributed by atoms with E-state index in [2.05, 4.69) is 22.2 Å². The molecule has 1 aromatic carbocycles. The third-order valence-corrected chi connectivity index (χ3v) is 4.13. The van der Waals surface area contributed by atoms with Crippen molar-refractivity contribution in [2.24, 2.45) is 4.99 Å². The Morgan fingerprint density at radius 3 is 2.86 bits per heavy atom. The molecule has 0 aliphatic carbocycles. The summed E-state index contributed by atoms with van der Waals surface area (Å²) in [6.07, 6.45) is 2.73. The second kappa shape index (κ2) is 12.6. The molecule has 1 unspecified atom stereocenters. The first-order chi connectivity index (χ1) is 13.0. The van der Waals surface area contributed by atoms with Crippen molar-refractivity contribution in [1.29, 1.82) is 0 Å². The van der Waals surface area contributed by atoms with Gasteiger partial charge in [0.05, 0.1) is 26.3 Å². The maximum Gasteiger partial charge on any atom is 0.241 e. The summed E-state index contributed by atoms with van der Waals surface area (Å²) >= 11 is 0. The monoisotopic (exact) mass is 502 g/mol. The molecule has 2 rings (SSSR count). The fourth-order valence-electron chi connectivity index (χ4n) is 2.51. The smallest absolute Gasteiger partial charge is 0.241 e. The highest BCUT2D eigenvalue weighted by Gasteiger charge is 2.18. The van der Waals surface area contributed by atoms with Gasteiger partial charge in [0.2, 0.25) is 5.91 Å². The number of hydrogen-bond acceptors (Lipinski definition) is 4. The lowest BCUT2D eigenvalue weighted by atomic mass is 10.1. The topological polar surface area (TPSA) is 75.2 Å². The third kappa shape index (κ3) is 8.05. The van der Waals surface area contributed by atoms with Gasteiger partial charge in [0, 0.05) is 32.6 Å². The molecule has 28 heavy (non-hydrogen) atoms. The van der Waals surface area contributed by atoms with Crippen LogP contribution >= 0.6 is 24.0 Å². The number of benzene rings is 1. The van der Waals surface area contributed by atoms with Crippen LogP contribution in [0.5, 0.6) is 5.75 Å². The lowest BCUT2D eigenvalue weighted by Gasteiger charge is -2.17. The molecule has 0 bridgehead atoms. The normalized spacial score (nSPS) is 16.1. The van der Waals surface area contributed by atoms with Crippen LogP contribution in [-0.2, 0) is 16.1 Å². The van der Waals surface area contributed by atoms with E-state index in [1.54, 1.807) is 20.2 Å². The highest BCUT2D eigenvalue weighted by Crippen LogP contribution is 2.24. The summed E-state index contributed by atoms with van der Waals surface area (Å²) in [5, 5.41) is 6.18. The summed E-state index contributed by atoms with van der Waals surface area (Å²) in [5.41, 5.74) is 2.13. The number of aliphatic imine (C=N–C) groups is 1. The van der Waals surface area contributed by atoms with Gasteiger partial charge >= 0.3 is 0 Å². The molecule has 1 fully saturated rings. The molecule has 1 aliphatic heterocycles.